The first-order chi connectivity index (χ1) is 10.1. The van der Waals surface area contributed by atoms with Crippen LogP contribution in [-0.2, 0) is 0 Å². The zero-order valence-electron chi connectivity index (χ0n) is 11.5. The Morgan fingerprint density at radius 2 is 2.00 bits per heavy atom. The molecule has 1 heterocycles. The fourth-order valence-corrected chi connectivity index (χ4v) is 2.48. The van der Waals surface area contributed by atoms with Crippen molar-refractivity contribution in [2.45, 2.75) is 6.92 Å². The molecule has 0 saturated heterocycles. The van der Waals surface area contributed by atoms with Gasteiger partial charge in [-0.2, -0.15) is 0 Å². The van der Waals surface area contributed by atoms with Gasteiger partial charge in [0, 0.05) is 5.39 Å². The van der Waals surface area contributed by atoms with Crippen LogP contribution in [0.3, 0.4) is 0 Å². The van der Waals surface area contributed by atoms with Gasteiger partial charge in [-0.25, -0.2) is 4.79 Å². The maximum Gasteiger partial charge on any atom is 0.344 e. The Bertz CT molecular complexity index is 919. The number of aryl methyl sites for hydroxylation is 1. The first-order valence-corrected chi connectivity index (χ1v) is 6.58. The number of phenolic OH excluding ortho intramolecular Hbond substituents is 1. The van der Waals surface area contributed by atoms with E-state index in [1.165, 1.54) is 0 Å². The summed E-state index contributed by atoms with van der Waals surface area (Å²) in [6, 6.07) is 8.60. The smallest absolute Gasteiger partial charge is 0.344 e. The highest BCUT2D eigenvalue weighted by Gasteiger charge is 2.11. The minimum absolute atomic E-state index is 0.0554. The third-order valence-corrected chi connectivity index (χ3v) is 3.38. The molecule has 4 nitrogen and oxygen atoms in total. The summed E-state index contributed by atoms with van der Waals surface area (Å²) >= 11 is 0. The SMILES string of the molecule is Cc1cc(O)c2c(c1)oc(=O)c1ccc(/C=C\CO)cc12. The van der Waals surface area contributed by atoms with E-state index in [9.17, 15) is 9.90 Å². The van der Waals surface area contributed by atoms with Crippen molar-refractivity contribution in [1.29, 1.82) is 0 Å². The van der Waals surface area contributed by atoms with Crippen molar-refractivity contribution < 1.29 is 14.6 Å². The zero-order valence-corrected chi connectivity index (χ0v) is 11.5. The van der Waals surface area contributed by atoms with Crippen molar-refractivity contribution in [3.05, 3.63) is 58.0 Å². The number of rotatable bonds is 2. The molecular formula is C17H14O4. The van der Waals surface area contributed by atoms with Gasteiger partial charge in [0.2, 0.25) is 0 Å². The van der Waals surface area contributed by atoms with Crippen LogP contribution in [-0.4, -0.2) is 16.8 Å². The van der Waals surface area contributed by atoms with Gasteiger partial charge in [-0.3, -0.25) is 0 Å². The molecule has 0 aliphatic rings. The molecule has 0 saturated carbocycles. The second-order valence-corrected chi connectivity index (χ2v) is 4.94. The van der Waals surface area contributed by atoms with Crippen molar-refractivity contribution >= 4 is 27.8 Å². The number of aliphatic hydroxyl groups excluding tert-OH is 1. The van der Waals surface area contributed by atoms with Crippen LogP contribution in [0.2, 0.25) is 0 Å². The van der Waals surface area contributed by atoms with Gasteiger partial charge in [-0.1, -0.05) is 18.2 Å². The van der Waals surface area contributed by atoms with E-state index in [4.69, 9.17) is 9.52 Å². The minimum atomic E-state index is -0.430. The van der Waals surface area contributed by atoms with Crippen LogP contribution in [0.1, 0.15) is 11.1 Å². The Balaban J connectivity index is 2.45. The van der Waals surface area contributed by atoms with Gasteiger partial charge in [0.25, 0.3) is 0 Å². The van der Waals surface area contributed by atoms with Crippen LogP contribution in [0.15, 0.2) is 45.6 Å². The molecule has 2 N–H and O–H groups in total. The number of phenols is 1. The molecule has 2 aromatic carbocycles. The lowest BCUT2D eigenvalue weighted by Gasteiger charge is -2.06. The van der Waals surface area contributed by atoms with E-state index < -0.39 is 5.63 Å². The molecule has 0 fully saturated rings. The average molecular weight is 282 g/mol. The van der Waals surface area contributed by atoms with Gasteiger partial charge in [0.05, 0.1) is 17.4 Å². The summed E-state index contributed by atoms with van der Waals surface area (Å²) in [5.74, 6) is 0.0852. The van der Waals surface area contributed by atoms with Crippen molar-refractivity contribution in [2.75, 3.05) is 6.61 Å². The summed E-state index contributed by atoms with van der Waals surface area (Å²) in [5.41, 5.74) is 1.59. The monoisotopic (exact) mass is 282 g/mol. The summed E-state index contributed by atoms with van der Waals surface area (Å²) in [6.07, 6.45) is 3.36. The summed E-state index contributed by atoms with van der Waals surface area (Å²) in [6.45, 7) is 1.77. The van der Waals surface area contributed by atoms with Crippen LogP contribution in [0, 0.1) is 6.92 Å². The standard InChI is InChI=1S/C17H14O4/c1-10-7-14(19)16-13-9-11(3-2-6-18)4-5-12(13)17(20)21-15(16)8-10/h2-5,7-9,18-19H,6H2,1H3/b3-2-. The summed E-state index contributed by atoms with van der Waals surface area (Å²) in [5, 5.41) is 20.6. The van der Waals surface area contributed by atoms with E-state index in [2.05, 4.69) is 0 Å². The van der Waals surface area contributed by atoms with Gasteiger partial charge in [-0.15, -0.1) is 0 Å². The Labute approximate surface area is 120 Å². The fourth-order valence-electron chi connectivity index (χ4n) is 2.48. The number of hydrogen-bond acceptors (Lipinski definition) is 4. The highest BCUT2D eigenvalue weighted by molar-refractivity contribution is 6.08. The minimum Gasteiger partial charge on any atom is -0.507 e. The van der Waals surface area contributed by atoms with Crippen LogP contribution in [0.4, 0.5) is 0 Å². The van der Waals surface area contributed by atoms with Crippen LogP contribution < -0.4 is 5.63 Å². The van der Waals surface area contributed by atoms with Crippen molar-refractivity contribution in [3.8, 4) is 5.75 Å². The maximum atomic E-state index is 12.0. The molecule has 106 valence electrons. The lowest BCUT2D eigenvalue weighted by molar-refractivity contribution is 0.343. The van der Waals surface area contributed by atoms with Gasteiger partial charge in [0.1, 0.15) is 11.3 Å². The van der Waals surface area contributed by atoms with Gasteiger partial charge in [0.15, 0.2) is 0 Å². The average Bonchev–Trinajstić information content (AvgIpc) is 2.44. The molecular weight excluding hydrogens is 268 g/mol. The summed E-state index contributed by atoms with van der Waals surface area (Å²) in [7, 11) is 0. The number of hydrogen-bond donors (Lipinski definition) is 2. The Morgan fingerprint density at radius 1 is 1.19 bits per heavy atom. The molecule has 0 bridgehead atoms. The fraction of sp³-hybridized carbons (Fsp3) is 0.118. The van der Waals surface area contributed by atoms with Crippen molar-refractivity contribution in [1.82, 2.24) is 0 Å². The van der Waals surface area contributed by atoms with E-state index in [1.54, 1.807) is 42.5 Å². The molecule has 1 aromatic heterocycles. The predicted molar refractivity (Wildman–Crippen MR) is 82.5 cm³/mol. The van der Waals surface area contributed by atoms with Crippen molar-refractivity contribution in [2.24, 2.45) is 0 Å². The molecule has 0 radical (unpaired) electrons. The third kappa shape index (κ3) is 2.30. The van der Waals surface area contributed by atoms with Crippen LogP contribution in [0.5, 0.6) is 5.75 Å². The Hall–Kier alpha value is -2.59. The molecule has 0 unspecified atom stereocenters. The summed E-state index contributed by atoms with van der Waals surface area (Å²) < 4.78 is 5.28. The lowest BCUT2D eigenvalue weighted by atomic mass is 10.0. The predicted octanol–water partition coefficient (Wildman–Crippen LogP) is 2.97. The number of aliphatic hydroxyl groups is 1. The molecule has 3 aromatic rings. The normalized spacial score (nSPS) is 11.7. The van der Waals surface area contributed by atoms with E-state index >= 15 is 0 Å². The zero-order chi connectivity index (χ0) is 15.0. The molecule has 3 rings (SSSR count). The summed E-state index contributed by atoms with van der Waals surface area (Å²) in [4.78, 5) is 12.0. The van der Waals surface area contributed by atoms with Gasteiger partial charge in [-0.05, 0) is 42.3 Å². The number of fused-ring (bicyclic) bond motifs is 3. The largest absolute Gasteiger partial charge is 0.507 e. The molecule has 4 heteroatoms. The van der Waals surface area contributed by atoms with Gasteiger partial charge < -0.3 is 14.6 Å². The maximum absolute atomic E-state index is 12.0. The molecule has 21 heavy (non-hydrogen) atoms. The second kappa shape index (κ2) is 5.07. The second-order valence-electron chi connectivity index (χ2n) is 4.94. The molecule has 0 aliphatic carbocycles. The lowest BCUT2D eigenvalue weighted by Crippen LogP contribution is -2.00. The Kier molecular flexibility index (Phi) is 3.23. The van der Waals surface area contributed by atoms with E-state index in [0.717, 1.165) is 11.1 Å². The third-order valence-electron chi connectivity index (χ3n) is 3.38. The Morgan fingerprint density at radius 3 is 2.76 bits per heavy atom. The van der Waals surface area contributed by atoms with Crippen LogP contribution >= 0.6 is 0 Å². The molecule has 0 aliphatic heterocycles. The number of benzene rings is 2. The highest BCUT2D eigenvalue weighted by atomic mass is 16.4. The van der Waals surface area contributed by atoms with E-state index in [-0.39, 0.29) is 12.4 Å². The van der Waals surface area contributed by atoms with E-state index in [1.807, 2.05) is 6.92 Å². The molecule has 0 amide bonds. The van der Waals surface area contributed by atoms with Gasteiger partial charge >= 0.3 is 5.63 Å². The first kappa shape index (κ1) is 13.4. The first-order valence-electron chi connectivity index (χ1n) is 6.58. The quantitative estimate of drug-likeness (QED) is 0.560. The van der Waals surface area contributed by atoms with Crippen LogP contribution in [0.25, 0.3) is 27.8 Å². The highest BCUT2D eigenvalue weighted by Crippen LogP contribution is 2.32. The number of aromatic hydroxyl groups is 1. The molecule has 0 spiro atoms. The topological polar surface area (TPSA) is 70.7 Å². The molecule has 0 atom stereocenters. The van der Waals surface area contributed by atoms with Crippen molar-refractivity contribution in [3.63, 3.8) is 0 Å². The van der Waals surface area contributed by atoms with E-state index in [0.29, 0.717) is 21.7 Å².